The van der Waals surface area contributed by atoms with Crippen LogP contribution in [0.4, 0.5) is 15.8 Å². The summed E-state index contributed by atoms with van der Waals surface area (Å²) in [5.41, 5.74) is 2.43. The highest BCUT2D eigenvalue weighted by Gasteiger charge is 2.40. The second-order valence-electron chi connectivity index (χ2n) is 7.95. The summed E-state index contributed by atoms with van der Waals surface area (Å²) >= 11 is 6.06. The number of nitrogens with one attached hydrogen (secondary N) is 1. The maximum absolute atomic E-state index is 13.9. The highest BCUT2D eigenvalue weighted by molar-refractivity contribution is 6.46. The van der Waals surface area contributed by atoms with Crippen molar-refractivity contribution in [2.24, 2.45) is 0 Å². The number of rotatable bonds is 6. The molecule has 1 heterocycles. The van der Waals surface area contributed by atoms with Gasteiger partial charge in [-0.1, -0.05) is 29.8 Å². The van der Waals surface area contributed by atoms with Crippen LogP contribution in [0.25, 0.3) is 5.57 Å². The third-order valence-corrected chi connectivity index (χ3v) is 5.35. The zero-order chi connectivity index (χ0) is 23.7. The predicted molar refractivity (Wildman–Crippen MR) is 128 cm³/mol. The van der Waals surface area contributed by atoms with E-state index in [2.05, 4.69) is 5.32 Å². The Kier molecular flexibility index (Phi) is 6.20. The molecule has 7 heteroatoms. The lowest BCUT2D eigenvalue weighted by atomic mass is 10.0. The predicted octanol–water partition coefficient (Wildman–Crippen LogP) is 5.97. The van der Waals surface area contributed by atoms with E-state index in [1.165, 1.54) is 18.2 Å². The van der Waals surface area contributed by atoms with Crippen molar-refractivity contribution in [3.8, 4) is 5.75 Å². The van der Waals surface area contributed by atoms with E-state index in [9.17, 15) is 14.0 Å². The summed E-state index contributed by atoms with van der Waals surface area (Å²) < 4.78 is 19.6. The first-order valence-corrected chi connectivity index (χ1v) is 10.8. The van der Waals surface area contributed by atoms with Gasteiger partial charge in [-0.05, 0) is 80.4 Å². The zero-order valence-electron chi connectivity index (χ0n) is 18.4. The molecule has 0 saturated heterocycles. The molecule has 0 unspecified atom stereocenters. The highest BCUT2D eigenvalue weighted by atomic mass is 35.5. The first-order valence-electron chi connectivity index (χ1n) is 10.4. The third kappa shape index (κ3) is 4.61. The molecule has 2 amide bonds. The van der Waals surface area contributed by atoms with Crippen LogP contribution in [0.2, 0.25) is 5.02 Å². The van der Waals surface area contributed by atoms with Gasteiger partial charge in [0.1, 0.15) is 17.3 Å². The van der Waals surface area contributed by atoms with E-state index in [-0.39, 0.29) is 23.1 Å². The Balaban J connectivity index is 1.80. The summed E-state index contributed by atoms with van der Waals surface area (Å²) in [5, 5.41) is 3.67. The number of nitrogens with zero attached hydrogens (tertiary/aromatic N) is 1. The number of halogens is 2. The molecule has 1 N–H and O–H groups in total. The molecule has 0 aliphatic carbocycles. The topological polar surface area (TPSA) is 58.6 Å². The van der Waals surface area contributed by atoms with Crippen LogP contribution < -0.4 is 15.0 Å². The second-order valence-corrected chi connectivity index (χ2v) is 8.39. The van der Waals surface area contributed by atoms with Gasteiger partial charge in [-0.2, -0.15) is 0 Å². The fraction of sp³-hybridized carbons (Fsp3) is 0.154. The van der Waals surface area contributed by atoms with Crippen LogP contribution in [0, 0.1) is 12.7 Å². The standard InChI is InChI=1S/C26H22ClFN2O3/c1-15(2)33-21-10-7-17(8-11-21)23-24(29-22-12-9-18(27)13-16(22)3)26(32)30(25(23)31)20-6-4-5-19(28)14-20/h4-15,29H,1-3H3. The van der Waals surface area contributed by atoms with Crippen molar-refractivity contribution in [1.82, 2.24) is 0 Å². The van der Waals surface area contributed by atoms with Gasteiger partial charge in [0.15, 0.2) is 0 Å². The summed E-state index contributed by atoms with van der Waals surface area (Å²) in [7, 11) is 0. The monoisotopic (exact) mass is 464 g/mol. The molecule has 0 radical (unpaired) electrons. The Bertz CT molecular complexity index is 1270. The fourth-order valence-electron chi connectivity index (χ4n) is 3.64. The number of anilines is 2. The quantitative estimate of drug-likeness (QED) is 0.456. The summed E-state index contributed by atoms with van der Waals surface area (Å²) in [4.78, 5) is 27.9. The molecule has 33 heavy (non-hydrogen) atoms. The molecule has 1 aliphatic rings. The van der Waals surface area contributed by atoms with Gasteiger partial charge < -0.3 is 10.1 Å². The van der Waals surface area contributed by atoms with Gasteiger partial charge in [0, 0.05) is 10.7 Å². The molecule has 168 valence electrons. The van der Waals surface area contributed by atoms with Crippen LogP contribution in [-0.2, 0) is 9.59 Å². The first-order chi connectivity index (χ1) is 15.7. The van der Waals surface area contributed by atoms with E-state index >= 15 is 0 Å². The number of carbonyl (C=O) groups excluding carboxylic acids is 2. The number of hydrogen-bond donors (Lipinski definition) is 1. The van der Waals surface area contributed by atoms with Gasteiger partial charge in [0.05, 0.1) is 17.4 Å². The number of carbonyl (C=O) groups is 2. The molecule has 0 aromatic heterocycles. The minimum absolute atomic E-state index is 0.00154. The molecule has 0 fully saturated rings. The van der Waals surface area contributed by atoms with E-state index in [1.54, 1.807) is 42.5 Å². The van der Waals surface area contributed by atoms with Crippen molar-refractivity contribution in [2.45, 2.75) is 26.9 Å². The molecule has 3 aromatic rings. The van der Waals surface area contributed by atoms with Gasteiger partial charge in [-0.3, -0.25) is 9.59 Å². The Morgan fingerprint density at radius 2 is 1.70 bits per heavy atom. The minimum Gasteiger partial charge on any atom is -0.491 e. The van der Waals surface area contributed by atoms with Crippen LogP contribution in [-0.4, -0.2) is 17.9 Å². The Morgan fingerprint density at radius 3 is 2.33 bits per heavy atom. The van der Waals surface area contributed by atoms with Crippen LogP contribution in [0.3, 0.4) is 0 Å². The molecule has 1 aliphatic heterocycles. The normalized spacial score (nSPS) is 13.8. The van der Waals surface area contributed by atoms with Gasteiger partial charge in [-0.25, -0.2) is 9.29 Å². The third-order valence-electron chi connectivity index (χ3n) is 5.11. The SMILES string of the molecule is Cc1cc(Cl)ccc1NC1=C(c2ccc(OC(C)C)cc2)C(=O)N(c2cccc(F)c2)C1=O. The van der Waals surface area contributed by atoms with E-state index in [0.717, 1.165) is 16.5 Å². The Morgan fingerprint density at radius 1 is 0.970 bits per heavy atom. The van der Waals surface area contributed by atoms with E-state index in [4.69, 9.17) is 16.3 Å². The average Bonchev–Trinajstić information content (AvgIpc) is 3.00. The zero-order valence-corrected chi connectivity index (χ0v) is 19.1. The van der Waals surface area contributed by atoms with Crippen molar-refractivity contribution < 1.29 is 18.7 Å². The molecule has 4 rings (SSSR count). The number of imide groups is 1. The maximum Gasteiger partial charge on any atom is 0.282 e. The summed E-state index contributed by atoms with van der Waals surface area (Å²) in [6, 6.07) is 17.5. The second kappa shape index (κ2) is 9.08. The largest absolute Gasteiger partial charge is 0.491 e. The van der Waals surface area contributed by atoms with Crippen LogP contribution in [0.5, 0.6) is 5.75 Å². The van der Waals surface area contributed by atoms with E-state index in [0.29, 0.717) is 22.0 Å². The number of benzene rings is 3. The van der Waals surface area contributed by atoms with Crippen LogP contribution in [0.15, 0.2) is 72.4 Å². The lowest BCUT2D eigenvalue weighted by Crippen LogP contribution is -2.32. The van der Waals surface area contributed by atoms with Gasteiger partial charge >= 0.3 is 0 Å². The van der Waals surface area contributed by atoms with Crippen molar-refractivity contribution in [3.05, 3.63) is 94.4 Å². The summed E-state index contributed by atoms with van der Waals surface area (Å²) in [6.07, 6.45) is -0.00154. The summed E-state index contributed by atoms with van der Waals surface area (Å²) in [5.74, 6) is -1.01. The molecule has 0 spiro atoms. The molecule has 0 atom stereocenters. The van der Waals surface area contributed by atoms with Crippen molar-refractivity contribution in [2.75, 3.05) is 10.2 Å². The van der Waals surface area contributed by atoms with Crippen molar-refractivity contribution >= 4 is 40.4 Å². The average molecular weight is 465 g/mol. The molecule has 5 nitrogen and oxygen atoms in total. The Hall–Kier alpha value is -3.64. The highest BCUT2D eigenvalue weighted by Crippen LogP contribution is 2.35. The number of amides is 2. The van der Waals surface area contributed by atoms with Crippen LogP contribution >= 0.6 is 11.6 Å². The molecule has 0 saturated carbocycles. The number of hydrogen-bond acceptors (Lipinski definition) is 4. The molecule has 3 aromatic carbocycles. The number of ether oxygens (including phenoxy) is 1. The molecular formula is C26H22ClFN2O3. The Labute approximate surface area is 196 Å². The molecule has 0 bridgehead atoms. The fourth-order valence-corrected chi connectivity index (χ4v) is 3.86. The first kappa shape index (κ1) is 22.6. The van der Waals surface area contributed by atoms with Crippen molar-refractivity contribution in [1.29, 1.82) is 0 Å². The molecular weight excluding hydrogens is 443 g/mol. The summed E-state index contributed by atoms with van der Waals surface area (Å²) in [6.45, 7) is 5.68. The minimum atomic E-state index is -0.572. The van der Waals surface area contributed by atoms with Crippen LogP contribution in [0.1, 0.15) is 25.0 Å². The lowest BCUT2D eigenvalue weighted by Gasteiger charge is -2.16. The van der Waals surface area contributed by atoms with E-state index in [1.807, 2.05) is 20.8 Å². The number of aryl methyl sites for hydroxylation is 1. The van der Waals surface area contributed by atoms with Gasteiger partial charge in [0.2, 0.25) is 0 Å². The van der Waals surface area contributed by atoms with Gasteiger partial charge in [-0.15, -0.1) is 0 Å². The van der Waals surface area contributed by atoms with Crippen molar-refractivity contribution in [3.63, 3.8) is 0 Å². The van der Waals surface area contributed by atoms with Gasteiger partial charge in [0.25, 0.3) is 11.8 Å². The maximum atomic E-state index is 13.9. The van der Waals surface area contributed by atoms with E-state index < -0.39 is 17.6 Å². The smallest absolute Gasteiger partial charge is 0.282 e. The lowest BCUT2D eigenvalue weighted by molar-refractivity contribution is -0.120.